The average Bonchev–Trinajstić information content (AvgIpc) is 2.67. The maximum atomic E-state index is 12.5. The topological polar surface area (TPSA) is 112 Å². The molecule has 9 heteroatoms. The van der Waals surface area contributed by atoms with Gasteiger partial charge in [-0.25, -0.2) is 14.4 Å². The molecular weight excluding hydrogens is 380 g/mol. The van der Waals surface area contributed by atoms with E-state index in [0.717, 1.165) is 0 Å². The number of hydrogen-bond acceptors (Lipinski definition) is 7. The van der Waals surface area contributed by atoms with Crippen molar-refractivity contribution in [3.8, 4) is 11.5 Å². The molecule has 1 atom stereocenters. The largest absolute Gasteiger partial charge is 0.490 e. The zero-order valence-electron chi connectivity index (χ0n) is 17.0. The average molecular weight is 406 g/mol. The van der Waals surface area contributed by atoms with Crippen molar-refractivity contribution in [1.29, 1.82) is 0 Å². The number of urea groups is 1. The van der Waals surface area contributed by atoms with Gasteiger partial charge in [0.25, 0.3) is 0 Å². The highest BCUT2D eigenvalue weighted by molar-refractivity contribution is 5.95. The Kier molecular flexibility index (Phi) is 7.88. The fourth-order valence-corrected chi connectivity index (χ4v) is 2.79. The van der Waals surface area contributed by atoms with Crippen molar-refractivity contribution in [2.45, 2.75) is 33.7 Å². The van der Waals surface area contributed by atoms with E-state index in [9.17, 15) is 14.4 Å². The van der Waals surface area contributed by atoms with E-state index in [1.54, 1.807) is 26.0 Å². The summed E-state index contributed by atoms with van der Waals surface area (Å²) in [6.07, 6.45) is 0. The predicted molar refractivity (Wildman–Crippen MR) is 104 cm³/mol. The Morgan fingerprint density at radius 2 is 1.66 bits per heavy atom. The number of amides is 2. The van der Waals surface area contributed by atoms with Crippen LogP contribution in [-0.2, 0) is 14.3 Å². The van der Waals surface area contributed by atoms with Gasteiger partial charge in [-0.15, -0.1) is 0 Å². The predicted octanol–water partition coefficient (Wildman–Crippen LogP) is 2.16. The van der Waals surface area contributed by atoms with Crippen molar-refractivity contribution >= 4 is 18.0 Å². The summed E-state index contributed by atoms with van der Waals surface area (Å²) >= 11 is 0. The summed E-state index contributed by atoms with van der Waals surface area (Å²) in [4.78, 5) is 36.5. The van der Waals surface area contributed by atoms with E-state index < -0.39 is 24.0 Å². The van der Waals surface area contributed by atoms with Crippen molar-refractivity contribution < 1.29 is 33.3 Å². The van der Waals surface area contributed by atoms with Gasteiger partial charge in [-0.05, 0) is 45.9 Å². The van der Waals surface area contributed by atoms with Gasteiger partial charge in [0.2, 0.25) is 0 Å². The van der Waals surface area contributed by atoms with Gasteiger partial charge in [-0.3, -0.25) is 0 Å². The van der Waals surface area contributed by atoms with E-state index in [4.69, 9.17) is 18.9 Å². The second-order valence-corrected chi connectivity index (χ2v) is 6.04. The molecule has 0 aromatic heterocycles. The van der Waals surface area contributed by atoms with Gasteiger partial charge < -0.3 is 29.6 Å². The molecule has 2 rings (SSSR count). The molecule has 0 spiro atoms. The lowest BCUT2D eigenvalue weighted by molar-refractivity contribution is -0.139. The Bertz CT molecular complexity index is 804. The first-order chi connectivity index (χ1) is 13.9. The van der Waals surface area contributed by atoms with Crippen LogP contribution in [0.1, 0.15) is 38.1 Å². The molecule has 2 N–H and O–H groups in total. The summed E-state index contributed by atoms with van der Waals surface area (Å²) in [5.74, 6) is -0.264. The number of carbonyl (C=O) groups excluding carboxylic acids is 3. The first-order valence-corrected chi connectivity index (χ1v) is 9.45. The van der Waals surface area contributed by atoms with Crippen LogP contribution in [0, 0.1) is 0 Å². The van der Waals surface area contributed by atoms with Crippen molar-refractivity contribution in [2.75, 3.05) is 26.4 Å². The minimum Gasteiger partial charge on any atom is -0.490 e. The second kappa shape index (κ2) is 10.4. The monoisotopic (exact) mass is 406 g/mol. The zero-order chi connectivity index (χ0) is 21.4. The zero-order valence-corrected chi connectivity index (χ0v) is 17.0. The van der Waals surface area contributed by atoms with Gasteiger partial charge in [0.05, 0.1) is 42.7 Å². The van der Waals surface area contributed by atoms with Crippen LogP contribution in [0.4, 0.5) is 4.79 Å². The van der Waals surface area contributed by atoms with Crippen molar-refractivity contribution in [1.82, 2.24) is 10.6 Å². The summed E-state index contributed by atoms with van der Waals surface area (Å²) in [6, 6.07) is 3.65. The molecule has 0 saturated carbocycles. The Morgan fingerprint density at radius 3 is 2.31 bits per heavy atom. The normalized spacial score (nSPS) is 15.9. The standard InChI is InChI=1S/C20H26N2O7/c1-5-26-15-9-8-13(10-16(15)27-6-2)18(23)29-11-14-17(19(24)28-7-3)12(4)21-20(25)22-14/h8-10,12H,5-7,11H2,1-4H3,(H2,21,22,25)/t12-/m1/s1. The van der Waals surface area contributed by atoms with Crippen LogP contribution in [0.5, 0.6) is 11.5 Å². The highest BCUT2D eigenvalue weighted by Crippen LogP contribution is 2.29. The molecule has 1 aromatic carbocycles. The minimum atomic E-state index is -0.634. The molecule has 0 aliphatic carbocycles. The third-order valence-electron chi connectivity index (χ3n) is 3.99. The fraction of sp³-hybridized carbons (Fsp3) is 0.450. The lowest BCUT2D eigenvalue weighted by atomic mass is 10.0. The lowest BCUT2D eigenvalue weighted by Gasteiger charge is -2.26. The van der Waals surface area contributed by atoms with E-state index in [-0.39, 0.29) is 30.0 Å². The van der Waals surface area contributed by atoms with E-state index in [0.29, 0.717) is 24.7 Å². The van der Waals surface area contributed by atoms with Gasteiger partial charge in [0.15, 0.2) is 11.5 Å². The van der Waals surface area contributed by atoms with Crippen LogP contribution in [-0.4, -0.2) is 50.4 Å². The third kappa shape index (κ3) is 5.63. The quantitative estimate of drug-likeness (QED) is 0.604. The smallest absolute Gasteiger partial charge is 0.338 e. The Hall–Kier alpha value is -3.23. The summed E-state index contributed by atoms with van der Waals surface area (Å²) in [6.45, 7) is 7.76. The number of esters is 2. The number of ether oxygens (including phenoxy) is 4. The first kappa shape index (κ1) is 22.1. The molecular formula is C20H26N2O7. The molecule has 0 bridgehead atoms. The van der Waals surface area contributed by atoms with Gasteiger partial charge >= 0.3 is 18.0 Å². The van der Waals surface area contributed by atoms with E-state index in [1.807, 2.05) is 13.8 Å². The summed E-state index contributed by atoms with van der Waals surface area (Å²) in [7, 11) is 0. The molecule has 9 nitrogen and oxygen atoms in total. The van der Waals surface area contributed by atoms with Crippen molar-refractivity contribution in [3.05, 3.63) is 35.0 Å². The van der Waals surface area contributed by atoms with E-state index in [2.05, 4.69) is 10.6 Å². The van der Waals surface area contributed by atoms with Crippen LogP contribution < -0.4 is 20.1 Å². The molecule has 0 unspecified atom stereocenters. The summed E-state index contributed by atoms with van der Waals surface area (Å²) in [5.41, 5.74) is 0.647. The van der Waals surface area contributed by atoms with Gasteiger partial charge in [0.1, 0.15) is 6.61 Å². The van der Waals surface area contributed by atoms with Crippen LogP contribution >= 0.6 is 0 Å². The fourth-order valence-electron chi connectivity index (χ4n) is 2.79. The molecule has 1 aromatic rings. The minimum absolute atomic E-state index is 0.183. The maximum absolute atomic E-state index is 12.5. The van der Waals surface area contributed by atoms with E-state index >= 15 is 0 Å². The Labute approximate surface area is 169 Å². The summed E-state index contributed by atoms with van der Waals surface area (Å²) < 4.78 is 21.3. The van der Waals surface area contributed by atoms with Crippen LogP contribution in [0.25, 0.3) is 0 Å². The maximum Gasteiger partial charge on any atom is 0.338 e. The van der Waals surface area contributed by atoms with Gasteiger partial charge in [-0.2, -0.15) is 0 Å². The summed E-state index contributed by atoms with van der Waals surface area (Å²) in [5, 5.41) is 5.09. The van der Waals surface area contributed by atoms with Crippen LogP contribution in [0.2, 0.25) is 0 Å². The molecule has 2 amide bonds. The second-order valence-electron chi connectivity index (χ2n) is 6.04. The molecule has 1 heterocycles. The van der Waals surface area contributed by atoms with Crippen molar-refractivity contribution in [3.63, 3.8) is 0 Å². The number of hydrogen-bond donors (Lipinski definition) is 2. The van der Waals surface area contributed by atoms with Crippen LogP contribution in [0.15, 0.2) is 29.5 Å². The molecule has 0 fully saturated rings. The van der Waals surface area contributed by atoms with Crippen LogP contribution in [0.3, 0.4) is 0 Å². The highest BCUT2D eigenvalue weighted by atomic mass is 16.5. The molecule has 29 heavy (non-hydrogen) atoms. The molecule has 0 saturated heterocycles. The Morgan fingerprint density at radius 1 is 0.966 bits per heavy atom. The number of nitrogens with one attached hydrogen (secondary N) is 2. The van der Waals surface area contributed by atoms with Gasteiger partial charge in [-0.1, -0.05) is 0 Å². The number of benzene rings is 1. The SMILES string of the molecule is CCOC(=O)C1=C(COC(=O)c2ccc(OCC)c(OCC)c2)NC(=O)N[C@@H]1C. The highest BCUT2D eigenvalue weighted by Gasteiger charge is 2.30. The molecule has 1 aliphatic heterocycles. The third-order valence-corrected chi connectivity index (χ3v) is 3.99. The number of carbonyl (C=O) groups is 3. The van der Waals surface area contributed by atoms with E-state index in [1.165, 1.54) is 6.07 Å². The molecule has 1 aliphatic rings. The molecule has 0 radical (unpaired) electrons. The van der Waals surface area contributed by atoms with Gasteiger partial charge in [0, 0.05) is 0 Å². The molecule has 158 valence electrons. The number of rotatable bonds is 9. The Balaban J connectivity index is 2.19. The van der Waals surface area contributed by atoms with Crippen molar-refractivity contribution in [2.24, 2.45) is 0 Å². The lowest BCUT2D eigenvalue weighted by Crippen LogP contribution is -2.50. The first-order valence-electron chi connectivity index (χ1n) is 9.45.